The van der Waals surface area contributed by atoms with Crippen LogP contribution in [0.4, 0.5) is 0 Å². The Morgan fingerprint density at radius 1 is 1.56 bits per heavy atom. The number of carbonyl (C=O) groups is 1. The van der Waals surface area contributed by atoms with E-state index in [1.807, 2.05) is 0 Å². The summed E-state index contributed by atoms with van der Waals surface area (Å²) in [7, 11) is -3.60. The number of aromatic nitrogens is 2. The molecule has 0 bridgehead atoms. The van der Waals surface area contributed by atoms with Crippen LogP contribution in [-0.4, -0.2) is 36.2 Å². The van der Waals surface area contributed by atoms with Gasteiger partial charge in [-0.2, -0.15) is 5.10 Å². The Morgan fingerprint density at radius 2 is 2.28 bits per heavy atom. The average molecular weight is 273 g/mol. The number of nitrogens with zero attached hydrogens (tertiary/aromatic N) is 1. The number of aromatic amines is 1. The van der Waals surface area contributed by atoms with Crippen molar-refractivity contribution >= 4 is 16.0 Å². The van der Waals surface area contributed by atoms with E-state index in [1.54, 1.807) is 0 Å². The largest absolute Gasteiger partial charge is 0.481 e. The molecule has 7 nitrogen and oxygen atoms in total. The third-order valence-electron chi connectivity index (χ3n) is 3.36. The van der Waals surface area contributed by atoms with E-state index >= 15 is 0 Å². The normalized spacial score (nSPS) is 18.2. The summed E-state index contributed by atoms with van der Waals surface area (Å²) in [5.74, 6) is -0.891. The molecule has 0 radical (unpaired) electrons. The third-order valence-corrected chi connectivity index (χ3v) is 4.73. The molecule has 100 valence electrons. The summed E-state index contributed by atoms with van der Waals surface area (Å²) in [5.41, 5.74) is -0.428. The van der Waals surface area contributed by atoms with Gasteiger partial charge in [-0.3, -0.25) is 9.89 Å². The summed E-state index contributed by atoms with van der Waals surface area (Å²) in [5, 5.41) is 14.8. The van der Waals surface area contributed by atoms with Crippen molar-refractivity contribution in [2.75, 3.05) is 6.54 Å². The minimum atomic E-state index is -3.60. The second kappa shape index (κ2) is 4.69. The van der Waals surface area contributed by atoms with Crippen LogP contribution >= 0.6 is 0 Å². The molecule has 8 heteroatoms. The van der Waals surface area contributed by atoms with E-state index in [2.05, 4.69) is 14.9 Å². The Hall–Kier alpha value is -1.41. The first-order chi connectivity index (χ1) is 8.44. The molecule has 0 unspecified atom stereocenters. The van der Waals surface area contributed by atoms with Crippen LogP contribution in [0.3, 0.4) is 0 Å². The van der Waals surface area contributed by atoms with Crippen molar-refractivity contribution in [1.29, 1.82) is 0 Å². The summed E-state index contributed by atoms with van der Waals surface area (Å²) >= 11 is 0. The van der Waals surface area contributed by atoms with Gasteiger partial charge in [0.2, 0.25) is 10.0 Å². The fourth-order valence-electron chi connectivity index (χ4n) is 2.13. The number of rotatable bonds is 6. The van der Waals surface area contributed by atoms with Crippen LogP contribution in [0, 0.1) is 5.41 Å². The number of carboxylic acid groups (broad SMARTS) is 1. The van der Waals surface area contributed by atoms with Gasteiger partial charge in [0.05, 0.1) is 12.6 Å². The zero-order chi connectivity index (χ0) is 13.2. The first-order valence-corrected chi connectivity index (χ1v) is 7.12. The molecule has 0 amide bonds. The second-order valence-corrected chi connectivity index (χ2v) is 6.45. The Kier molecular flexibility index (Phi) is 3.40. The highest BCUT2D eigenvalue weighted by molar-refractivity contribution is 7.89. The fourth-order valence-corrected chi connectivity index (χ4v) is 3.19. The van der Waals surface area contributed by atoms with Gasteiger partial charge in [0.15, 0.2) is 0 Å². The maximum Gasteiger partial charge on any atom is 0.303 e. The van der Waals surface area contributed by atoms with Gasteiger partial charge in [0.1, 0.15) is 4.90 Å². The SMILES string of the molecule is O=C(O)CC1(CNS(=O)(=O)c2cn[nH]c2)CCC1. The quantitative estimate of drug-likeness (QED) is 0.691. The molecule has 3 N–H and O–H groups in total. The van der Waals surface area contributed by atoms with Crippen LogP contribution in [0.25, 0.3) is 0 Å². The van der Waals surface area contributed by atoms with E-state index in [4.69, 9.17) is 5.11 Å². The minimum Gasteiger partial charge on any atom is -0.481 e. The topological polar surface area (TPSA) is 112 Å². The number of aliphatic carboxylic acids is 1. The van der Waals surface area contributed by atoms with E-state index in [0.29, 0.717) is 0 Å². The van der Waals surface area contributed by atoms with Gasteiger partial charge in [-0.15, -0.1) is 0 Å². The molecule has 1 heterocycles. The molecular weight excluding hydrogens is 258 g/mol. The van der Waals surface area contributed by atoms with Crippen molar-refractivity contribution in [2.24, 2.45) is 5.41 Å². The van der Waals surface area contributed by atoms with Crippen molar-refractivity contribution in [3.8, 4) is 0 Å². The monoisotopic (exact) mass is 273 g/mol. The predicted molar refractivity (Wildman–Crippen MR) is 62.3 cm³/mol. The summed E-state index contributed by atoms with van der Waals surface area (Å²) in [4.78, 5) is 10.8. The highest BCUT2D eigenvalue weighted by atomic mass is 32.2. The van der Waals surface area contributed by atoms with Crippen molar-refractivity contribution in [3.05, 3.63) is 12.4 Å². The molecule has 0 aliphatic heterocycles. The highest BCUT2D eigenvalue weighted by Crippen LogP contribution is 2.43. The van der Waals surface area contributed by atoms with Crippen LogP contribution in [0.15, 0.2) is 17.3 Å². The van der Waals surface area contributed by atoms with Crippen molar-refractivity contribution in [3.63, 3.8) is 0 Å². The molecule has 0 atom stereocenters. The standard InChI is InChI=1S/C10H15N3O4S/c14-9(15)4-10(2-1-3-10)7-13-18(16,17)8-5-11-12-6-8/h5-6,13H,1-4,7H2,(H,11,12)(H,14,15). The van der Waals surface area contributed by atoms with Gasteiger partial charge in [-0.05, 0) is 18.3 Å². The molecule has 1 aliphatic carbocycles. The van der Waals surface area contributed by atoms with E-state index < -0.39 is 21.4 Å². The van der Waals surface area contributed by atoms with Crippen molar-refractivity contribution in [2.45, 2.75) is 30.6 Å². The molecular formula is C10H15N3O4S. The predicted octanol–water partition coefficient (Wildman–Crippen LogP) is 0.333. The number of nitrogens with one attached hydrogen (secondary N) is 2. The number of hydrogen-bond acceptors (Lipinski definition) is 4. The second-order valence-electron chi connectivity index (χ2n) is 4.68. The van der Waals surface area contributed by atoms with Gasteiger partial charge in [0, 0.05) is 12.7 Å². The maximum absolute atomic E-state index is 11.8. The molecule has 0 aromatic carbocycles. The van der Waals surface area contributed by atoms with E-state index in [-0.39, 0.29) is 17.9 Å². The number of H-pyrrole nitrogens is 1. The molecule has 0 spiro atoms. The molecule has 2 rings (SSSR count). The van der Waals surface area contributed by atoms with Crippen LogP contribution in [-0.2, 0) is 14.8 Å². The summed E-state index contributed by atoms with van der Waals surface area (Å²) in [6.07, 6.45) is 4.93. The van der Waals surface area contributed by atoms with Gasteiger partial charge in [0.25, 0.3) is 0 Å². The summed E-state index contributed by atoms with van der Waals surface area (Å²) in [6.45, 7) is 0.160. The lowest BCUT2D eigenvalue weighted by Crippen LogP contribution is -2.43. The fraction of sp³-hybridized carbons (Fsp3) is 0.600. The van der Waals surface area contributed by atoms with Crippen molar-refractivity contribution < 1.29 is 18.3 Å². The lowest BCUT2D eigenvalue weighted by Gasteiger charge is -2.40. The number of sulfonamides is 1. The average Bonchev–Trinajstić information content (AvgIpc) is 2.75. The van der Waals surface area contributed by atoms with E-state index in [9.17, 15) is 13.2 Å². The maximum atomic E-state index is 11.8. The molecule has 1 aromatic heterocycles. The van der Waals surface area contributed by atoms with Gasteiger partial charge in [-0.1, -0.05) is 6.42 Å². The molecule has 18 heavy (non-hydrogen) atoms. The van der Waals surface area contributed by atoms with Gasteiger partial charge >= 0.3 is 5.97 Å². The van der Waals surface area contributed by atoms with Crippen LogP contribution in [0.2, 0.25) is 0 Å². The molecule has 1 aromatic rings. The van der Waals surface area contributed by atoms with Crippen molar-refractivity contribution in [1.82, 2.24) is 14.9 Å². The highest BCUT2D eigenvalue weighted by Gasteiger charge is 2.39. The van der Waals surface area contributed by atoms with Gasteiger partial charge < -0.3 is 5.11 Å². The Balaban J connectivity index is 2.01. The van der Waals surface area contributed by atoms with Crippen LogP contribution < -0.4 is 4.72 Å². The first-order valence-electron chi connectivity index (χ1n) is 5.64. The zero-order valence-corrected chi connectivity index (χ0v) is 10.5. The molecule has 0 saturated heterocycles. The van der Waals surface area contributed by atoms with Crippen LogP contribution in [0.1, 0.15) is 25.7 Å². The Labute approximate surface area is 105 Å². The minimum absolute atomic E-state index is 0.000900. The summed E-state index contributed by atoms with van der Waals surface area (Å²) in [6, 6.07) is 0. The molecule has 1 saturated carbocycles. The molecule has 1 fully saturated rings. The first kappa shape index (κ1) is 13.0. The lowest BCUT2D eigenvalue weighted by atomic mass is 9.67. The lowest BCUT2D eigenvalue weighted by molar-refractivity contribution is -0.141. The third kappa shape index (κ3) is 2.70. The molecule has 1 aliphatic rings. The smallest absolute Gasteiger partial charge is 0.303 e. The number of hydrogen-bond donors (Lipinski definition) is 3. The Bertz CT molecular complexity index is 519. The van der Waals surface area contributed by atoms with E-state index in [0.717, 1.165) is 19.3 Å². The summed E-state index contributed by atoms with van der Waals surface area (Å²) < 4.78 is 26.2. The zero-order valence-electron chi connectivity index (χ0n) is 9.72. The van der Waals surface area contributed by atoms with E-state index in [1.165, 1.54) is 12.4 Å². The number of carboxylic acids is 1. The van der Waals surface area contributed by atoms with Crippen LogP contribution in [0.5, 0.6) is 0 Å². The van der Waals surface area contributed by atoms with Gasteiger partial charge in [-0.25, -0.2) is 13.1 Å². The Morgan fingerprint density at radius 3 is 2.72 bits per heavy atom.